The molecule has 1 unspecified atom stereocenters. The molecule has 0 amide bonds. The van der Waals surface area contributed by atoms with E-state index >= 15 is 0 Å². The molecule has 0 saturated heterocycles. The molecule has 0 aliphatic heterocycles. The Hall–Kier alpha value is -0.860. The topological polar surface area (TPSA) is 23.5 Å². The van der Waals surface area contributed by atoms with Gasteiger partial charge in [-0.25, -0.2) is 0 Å². The van der Waals surface area contributed by atoms with E-state index in [0.717, 1.165) is 12.1 Å². The van der Waals surface area contributed by atoms with Crippen molar-refractivity contribution in [1.82, 2.24) is 4.90 Å². The lowest BCUT2D eigenvalue weighted by Crippen LogP contribution is -2.28. The van der Waals surface area contributed by atoms with Crippen molar-refractivity contribution in [2.45, 2.75) is 26.9 Å². The lowest BCUT2D eigenvalue weighted by atomic mass is 10.1. The predicted molar refractivity (Wildman–Crippen MR) is 68.5 cm³/mol. The Balaban J connectivity index is 2.51. The highest BCUT2D eigenvalue weighted by molar-refractivity contribution is 5.23. The maximum Gasteiger partial charge on any atom is 0.0916 e. The first-order valence-corrected chi connectivity index (χ1v) is 5.92. The predicted octanol–water partition coefficient (Wildman–Crippen LogP) is 2.62. The third-order valence-corrected chi connectivity index (χ3v) is 2.62. The zero-order valence-corrected chi connectivity index (χ0v) is 10.8. The fraction of sp³-hybridized carbons (Fsp3) is 0.571. The van der Waals surface area contributed by atoms with Gasteiger partial charge in [0.25, 0.3) is 0 Å². The van der Waals surface area contributed by atoms with E-state index < -0.39 is 0 Å². The van der Waals surface area contributed by atoms with E-state index in [1.807, 2.05) is 24.3 Å². The number of aryl methyl sites for hydroxylation is 1. The Bertz CT molecular complexity index is 305. The summed E-state index contributed by atoms with van der Waals surface area (Å²) in [4.78, 5) is 2.18. The molecule has 0 saturated carbocycles. The van der Waals surface area contributed by atoms with Crippen molar-refractivity contribution in [2.75, 3.05) is 20.1 Å². The second-order valence-corrected chi connectivity index (χ2v) is 5.04. The standard InChI is InChI=1S/C14H23NO/c1-11(2)9-15(4)10-14(16)13-7-5-12(3)6-8-13/h5-8,11,14,16H,9-10H2,1-4H3. The summed E-state index contributed by atoms with van der Waals surface area (Å²) in [5.74, 6) is 0.634. The van der Waals surface area contributed by atoms with Crippen LogP contribution in [0.3, 0.4) is 0 Å². The summed E-state index contributed by atoms with van der Waals surface area (Å²) in [5, 5.41) is 10.1. The van der Waals surface area contributed by atoms with Gasteiger partial charge in [0.05, 0.1) is 6.10 Å². The van der Waals surface area contributed by atoms with Crippen LogP contribution < -0.4 is 0 Å². The molecule has 0 fully saturated rings. The van der Waals surface area contributed by atoms with Crippen molar-refractivity contribution in [3.8, 4) is 0 Å². The first kappa shape index (κ1) is 13.2. The van der Waals surface area contributed by atoms with Crippen LogP contribution in [-0.4, -0.2) is 30.1 Å². The molecule has 0 aliphatic rings. The number of aliphatic hydroxyl groups excluding tert-OH is 1. The molecular formula is C14H23NO. The number of hydrogen-bond acceptors (Lipinski definition) is 2. The monoisotopic (exact) mass is 221 g/mol. The van der Waals surface area contributed by atoms with Crippen LogP contribution >= 0.6 is 0 Å². The van der Waals surface area contributed by atoms with E-state index in [4.69, 9.17) is 0 Å². The van der Waals surface area contributed by atoms with Crippen LogP contribution in [0.4, 0.5) is 0 Å². The van der Waals surface area contributed by atoms with Gasteiger partial charge in [-0.1, -0.05) is 43.7 Å². The summed E-state index contributed by atoms with van der Waals surface area (Å²) in [6.07, 6.45) is -0.385. The van der Waals surface area contributed by atoms with E-state index in [-0.39, 0.29) is 6.10 Å². The van der Waals surface area contributed by atoms with Crippen LogP contribution in [0, 0.1) is 12.8 Å². The quantitative estimate of drug-likeness (QED) is 0.826. The van der Waals surface area contributed by atoms with Gasteiger partial charge >= 0.3 is 0 Å². The average molecular weight is 221 g/mol. The number of aliphatic hydroxyl groups is 1. The van der Waals surface area contributed by atoms with Gasteiger partial charge in [-0.2, -0.15) is 0 Å². The second kappa shape index (κ2) is 6.02. The van der Waals surface area contributed by atoms with Gasteiger partial charge in [-0.05, 0) is 25.5 Å². The first-order chi connectivity index (χ1) is 7.49. The van der Waals surface area contributed by atoms with Crippen molar-refractivity contribution in [1.29, 1.82) is 0 Å². The summed E-state index contributed by atoms with van der Waals surface area (Å²) >= 11 is 0. The molecule has 90 valence electrons. The highest BCUT2D eigenvalue weighted by Crippen LogP contribution is 2.14. The summed E-state index contributed by atoms with van der Waals surface area (Å²) < 4.78 is 0. The summed E-state index contributed by atoms with van der Waals surface area (Å²) in [6, 6.07) is 8.09. The number of likely N-dealkylation sites (N-methyl/N-ethyl adjacent to an activating group) is 1. The van der Waals surface area contributed by atoms with Gasteiger partial charge in [-0.15, -0.1) is 0 Å². The van der Waals surface area contributed by atoms with Gasteiger partial charge in [-0.3, -0.25) is 0 Å². The summed E-state index contributed by atoms with van der Waals surface area (Å²) in [5.41, 5.74) is 2.23. The molecule has 1 atom stereocenters. The van der Waals surface area contributed by atoms with Gasteiger partial charge < -0.3 is 10.0 Å². The molecule has 2 nitrogen and oxygen atoms in total. The molecule has 1 aromatic carbocycles. The van der Waals surface area contributed by atoms with Crippen LogP contribution in [-0.2, 0) is 0 Å². The number of benzene rings is 1. The molecule has 16 heavy (non-hydrogen) atoms. The SMILES string of the molecule is Cc1ccc(C(O)CN(C)CC(C)C)cc1. The number of hydrogen-bond donors (Lipinski definition) is 1. The van der Waals surface area contributed by atoms with Crippen molar-refractivity contribution in [3.63, 3.8) is 0 Å². The van der Waals surface area contributed by atoms with E-state index in [1.54, 1.807) is 0 Å². The normalized spacial score (nSPS) is 13.4. The maximum atomic E-state index is 10.1. The molecule has 0 radical (unpaired) electrons. The molecule has 1 N–H and O–H groups in total. The fourth-order valence-electron chi connectivity index (χ4n) is 1.89. The van der Waals surface area contributed by atoms with Crippen LogP contribution in [0.2, 0.25) is 0 Å². The molecule has 1 aromatic rings. The highest BCUT2D eigenvalue weighted by Gasteiger charge is 2.11. The van der Waals surface area contributed by atoms with Crippen molar-refractivity contribution in [3.05, 3.63) is 35.4 Å². The highest BCUT2D eigenvalue weighted by atomic mass is 16.3. The Morgan fingerprint density at radius 1 is 1.12 bits per heavy atom. The van der Waals surface area contributed by atoms with E-state index in [0.29, 0.717) is 12.5 Å². The van der Waals surface area contributed by atoms with Gasteiger partial charge in [0.2, 0.25) is 0 Å². The summed E-state index contributed by atoms with van der Waals surface area (Å²) in [7, 11) is 2.05. The molecule has 0 bridgehead atoms. The van der Waals surface area contributed by atoms with Crippen LogP contribution in [0.1, 0.15) is 31.1 Å². The molecule has 0 spiro atoms. The zero-order chi connectivity index (χ0) is 12.1. The third kappa shape index (κ3) is 4.33. The molecule has 0 aliphatic carbocycles. The minimum absolute atomic E-state index is 0.385. The first-order valence-electron chi connectivity index (χ1n) is 5.92. The molecule has 0 heterocycles. The third-order valence-electron chi connectivity index (χ3n) is 2.62. The fourth-order valence-corrected chi connectivity index (χ4v) is 1.89. The Morgan fingerprint density at radius 2 is 1.69 bits per heavy atom. The van der Waals surface area contributed by atoms with Gasteiger partial charge in [0.15, 0.2) is 0 Å². The average Bonchev–Trinajstić information content (AvgIpc) is 2.16. The molecular weight excluding hydrogens is 198 g/mol. The minimum atomic E-state index is -0.385. The van der Waals surface area contributed by atoms with Gasteiger partial charge in [0.1, 0.15) is 0 Å². The molecule has 1 rings (SSSR count). The van der Waals surface area contributed by atoms with Crippen LogP contribution in [0.25, 0.3) is 0 Å². The largest absolute Gasteiger partial charge is 0.387 e. The van der Waals surface area contributed by atoms with Crippen molar-refractivity contribution >= 4 is 0 Å². The lowest BCUT2D eigenvalue weighted by Gasteiger charge is -2.22. The summed E-state index contributed by atoms with van der Waals surface area (Å²) in [6.45, 7) is 8.15. The Morgan fingerprint density at radius 3 is 2.19 bits per heavy atom. The number of nitrogens with zero attached hydrogens (tertiary/aromatic N) is 1. The number of rotatable bonds is 5. The van der Waals surface area contributed by atoms with Crippen molar-refractivity contribution in [2.24, 2.45) is 5.92 Å². The smallest absolute Gasteiger partial charge is 0.0916 e. The minimum Gasteiger partial charge on any atom is -0.387 e. The van der Waals surface area contributed by atoms with Crippen LogP contribution in [0.5, 0.6) is 0 Å². The van der Waals surface area contributed by atoms with Gasteiger partial charge in [0, 0.05) is 13.1 Å². The Kier molecular flexibility index (Phi) is 4.97. The molecule has 2 heteroatoms. The van der Waals surface area contributed by atoms with Crippen LogP contribution in [0.15, 0.2) is 24.3 Å². The Labute approximate surface area is 98.9 Å². The maximum absolute atomic E-state index is 10.1. The van der Waals surface area contributed by atoms with Crippen molar-refractivity contribution < 1.29 is 5.11 Å². The molecule has 0 aromatic heterocycles. The second-order valence-electron chi connectivity index (χ2n) is 5.04. The van der Waals surface area contributed by atoms with E-state index in [2.05, 4.69) is 32.7 Å². The lowest BCUT2D eigenvalue weighted by molar-refractivity contribution is 0.121. The van der Waals surface area contributed by atoms with E-state index in [1.165, 1.54) is 5.56 Å². The van der Waals surface area contributed by atoms with E-state index in [9.17, 15) is 5.11 Å². The zero-order valence-electron chi connectivity index (χ0n) is 10.8.